The van der Waals surface area contributed by atoms with Gasteiger partial charge in [-0.15, -0.1) is 0 Å². The second-order valence-corrected chi connectivity index (χ2v) is 9.60. The number of nitrogens with one attached hydrogen (secondary N) is 2. The lowest BCUT2D eigenvalue weighted by Gasteiger charge is -2.46. The summed E-state index contributed by atoms with van der Waals surface area (Å²) >= 11 is 11.4. The number of halogens is 2. The van der Waals surface area contributed by atoms with E-state index in [9.17, 15) is 42.9 Å². The maximum absolute atomic E-state index is 12.2. The molecule has 1 aromatic carbocycles. The summed E-state index contributed by atoms with van der Waals surface area (Å²) in [7, 11) is -3.51. The Labute approximate surface area is 198 Å². The average Bonchev–Trinajstić information content (AvgIpc) is 2.74. The first-order chi connectivity index (χ1) is 15.2. The molecule has 1 heterocycles. The lowest BCUT2D eigenvalue weighted by atomic mass is 9.92. The molecule has 0 unspecified atom stereocenters. The average molecular weight is 528 g/mol. The summed E-state index contributed by atoms with van der Waals surface area (Å²) in [6.07, 6.45) is -1.33. The van der Waals surface area contributed by atoms with E-state index in [1.807, 2.05) is 5.43 Å². The minimum Gasteiger partial charge on any atom is -0.503 e. The molecule has 3 amide bonds. The number of hydrogen-bond acceptors (Lipinski definition) is 9. The summed E-state index contributed by atoms with van der Waals surface area (Å²) in [4.78, 5) is 48.6. The molecule has 33 heavy (non-hydrogen) atoms. The van der Waals surface area contributed by atoms with E-state index in [4.69, 9.17) is 27.9 Å². The van der Waals surface area contributed by atoms with Gasteiger partial charge in [-0.3, -0.25) is 15.0 Å². The molecule has 0 spiro atoms. The molecular weight excluding hydrogens is 509 g/mol. The van der Waals surface area contributed by atoms with Crippen molar-refractivity contribution in [2.75, 3.05) is 6.61 Å². The number of thiol groups is 1. The van der Waals surface area contributed by atoms with Crippen molar-refractivity contribution < 1.29 is 47.7 Å². The number of carboxylic acid groups (broad SMARTS) is 1. The topological polar surface area (TPSA) is 200 Å². The third-order valence-electron chi connectivity index (χ3n) is 4.94. The highest BCUT2D eigenvalue weighted by Crippen LogP contribution is 2.41. The quantitative estimate of drug-likeness (QED) is 0.123. The van der Waals surface area contributed by atoms with Crippen LogP contribution in [0, 0.1) is 0 Å². The molecule has 1 fully saturated rings. The zero-order chi connectivity index (χ0) is 25.2. The molecule has 5 N–H and O–H groups in total. The van der Waals surface area contributed by atoms with E-state index in [0.717, 1.165) is 17.9 Å². The first kappa shape index (κ1) is 26.3. The predicted molar refractivity (Wildman–Crippen MR) is 113 cm³/mol. The Morgan fingerprint density at radius 3 is 2.36 bits per heavy atom. The molecule has 2 rings (SSSR count). The number of benzene rings is 1. The first-order valence-electron chi connectivity index (χ1n) is 9.03. The van der Waals surface area contributed by atoms with Crippen LogP contribution >= 0.6 is 23.2 Å². The van der Waals surface area contributed by atoms with E-state index >= 15 is 0 Å². The van der Waals surface area contributed by atoms with Crippen LogP contribution in [0.4, 0.5) is 4.79 Å². The van der Waals surface area contributed by atoms with Crippen molar-refractivity contribution >= 4 is 57.8 Å². The Morgan fingerprint density at radius 2 is 1.88 bits per heavy atom. The molecule has 1 aliphatic heterocycles. The van der Waals surface area contributed by atoms with Gasteiger partial charge >= 0.3 is 12.1 Å². The van der Waals surface area contributed by atoms with Crippen molar-refractivity contribution in [3.8, 4) is 11.5 Å². The maximum atomic E-state index is 12.2. The lowest BCUT2D eigenvalue weighted by Crippen LogP contribution is -2.67. The Kier molecular flexibility index (Phi) is 7.87. The van der Waals surface area contributed by atoms with Gasteiger partial charge in [0, 0.05) is 12.5 Å². The molecule has 13 nitrogen and oxygen atoms in total. The number of phenolic OH excluding ortho intramolecular Hbond substituents is 2. The molecule has 16 heteroatoms. The molecule has 182 valence electrons. The number of hydrazine groups is 1. The summed E-state index contributed by atoms with van der Waals surface area (Å²) in [5.41, 5.74) is 3.21. The number of aliphatic carboxylic acids is 1. The number of amides is 3. The molecule has 1 aliphatic rings. The summed E-state index contributed by atoms with van der Waals surface area (Å²) in [6.45, 7) is 1.58. The molecule has 0 radical (unpaired) electrons. The van der Waals surface area contributed by atoms with Crippen LogP contribution in [0.5, 0.6) is 11.5 Å². The first-order valence-corrected chi connectivity index (χ1v) is 11.0. The van der Waals surface area contributed by atoms with Gasteiger partial charge in [0.2, 0.25) is 5.91 Å². The van der Waals surface area contributed by atoms with Crippen LogP contribution in [0.3, 0.4) is 0 Å². The van der Waals surface area contributed by atoms with Crippen LogP contribution < -0.4 is 10.9 Å². The number of nitrogens with zero attached hydrogens (tertiary/aromatic N) is 1. The predicted octanol–water partition coefficient (Wildman–Crippen LogP) is 0.220. The van der Waals surface area contributed by atoms with Crippen LogP contribution in [0.2, 0.25) is 10.0 Å². The van der Waals surface area contributed by atoms with E-state index < -0.39 is 85.1 Å². The molecule has 1 saturated heterocycles. The van der Waals surface area contributed by atoms with Crippen molar-refractivity contribution in [2.24, 2.45) is 0 Å². The largest absolute Gasteiger partial charge is 0.503 e. The zero-order valence-corrected chi connectivity index (χ0v) is 19.4. The van der Waals surface area contributed by atoms with Gasteiger partial charge in [0.1, 0.15) is 11.4 Å². The van der Waals surface area contributed by atoms with E-state index in [1.165, 1.54) is 6.92 Å². The highest BCUT2D eigenvalue weighted by molar-refractivity contribution is 7.74. The standard InChI is InChI=1S/C17H19Cl2N3O10S/c1-6-3-9(23)22(6)13(15(27)28)17(2,33(30)31)5-32-16(29)21-20-14(26)7-4-8(18)11(24)12(25)10(7)19/h4,6,13,24-25,33H,3,5H2,1-2H3,(H,20,26)(H,21,29)(H,27,28)/t6-,13+,17+/m1/s1. The van der Waals surface area contributed by atoms with Gasteiger partial charge in [-0.2, -0.15) is 0 Å². The van der Waals surface area contributed by atoms with E-state index in [-0.39, 0.29) is 6.42 Å². The van der Waals surface area contributed by atoms with Crippen molar-refractivity contribution in [3.63, 3.8) is 0 Å². The number of rotatable bonds is 7. The SMILES string of the molecule is C[C@@H]1CC(=O)N1[C@@H](C(=O)O)[C@](C)(COC(=O)NNC(=O)c1cc(Cl)c(O)c(O)c1Cl)[SH](=O)=O. The fourth-order valence-corrected chi connectivity index (χ4v) is 4.13. The number of ether oxygens (including phenoxy) is 1. The van der Waals surface area contributed by atoms with Gasteiger partial charge in [0.25, 0.3) is 5.91 Å². The normalized spacial score (nSPS) is 18.2. The van der Waals surface area contributed by atoms with Gasteiger partial charge < -0.3 is 25.0 Å². The molecule has 0 aromatic heterocycles. The number of carbonyl (C=O) groups is 4. The monoisotopic (exact) mass is 527 g/mol. The summed E-state index contributed by atoms with van der Waals surface area (Å²) < 4.78 is 26.4. The van der Waals surface area contributed by atoms with E-state index in [1.54, 1.807) is 5.43 Å². The second-order valence-electron chi connectivity index (χ2n) is 7.28. The van der Waals surface area contributed by atoms with Crippen molar-refractivity contribution in [1.82, 2.24) is 15.8 Å². The highest BCUT2D eigenvalue weighted by Gasteiger charge is 2.53. The third-order valence-corrected chi connectivity index (χ3v) is 6.81. The molecule has 0 aliphatic carbocycles. The van der Waals surface area contributed by atoms with E-state index in [0.29, 0.717) is 0 Å². The number of carbonyl (C=O) groups excluding carboxylic acids is 3. The maximum Gasteiger partial charge on any atom is 0.426 e. The molecule has 0 saturated carbocycles. The zero-order valence-electron chi connectivity index (χ0n) is 17.0. The molecule has 1 aromatic rings. The number of carboxylic acids is 1. The van der Waals surface area contributed by atoms with Crippen LogP contribution in [0.15, 0.2) is 6.07 Å². The summed E-state index contributed by atoms with van der Waals surface area (Å²) in [5, 5.41) is 27.7. The van der Waals surface area contributed by atoms with Gasteiger partial charge in [-0.05, 0) is 19.9 Å². The molecule has 0 bridgehead atoms. The van der Waals surface area contributed by atoms with E-state index in [2.05, 4.69) is 0 Å². The minimum atomic E-state index is -3.51. The Balaban J connectivity index is 2.09. The summed E-state index contributed by atoms with van der Waals surface area (Å²) in [6, 6.07) is -1.44. The Morgan fingerprint density at radius 1 is 1.27 bits per heavy atom. The molecular formula is C17H19Cl2N3O10S. The van der Waals surface area contributed by atoms with Gasteiger partial charge in [-0.1, -0.05) is 23.2 Å². The Hall–Kier alpha value is -2.97. The lowest BCUT2D eigenvalue weighted by molar-refractivity contribution is -0.163. The fourth-order valence-electron chi connectivity index (χ4n) is 3.10. The second kappa shape index (κ2) is 9.89. The third kappa shape index (κ3) is 5.17. The Bertz CT molecular complexity index is 1090. The number of aromatic hydroxyl groups is 2. The van der Waals surface area contributed by atoms with Crippen LogP contribution in [0.25, 0.3) is 0 Å². The number of phenols is 2. The van der Waals surface area contributed by atoms with Crippen LogP contribution in [-0.2, 0) is 25.0 Å². The summed E-state index contributed by atoms with van der Waals surface area (Å²) in [5.74, 6) is -4.90. The minimum absolute atomic E-state index is 0.0439. The highest BCUT2D eigenvalue weighted by atomic mass is 35.5. The van der Waals surface area contributed by atoms with Crippen LogP contribution in [0.1, 0.15) is 30.6 Å². The van der Waals surface area contributed by atoms with Crippen molar-refractivity contribution in [1.29, 1.82) is 0 Å². The fraction of sp³-hybridized carbons (Fsp3) is 0.412. The molecule has 3 atom stereocenters. The van der Waals surface area contributed by atoms with Crippen molar-refractivity contribution in [3.05, 3.63) is 21.7 Å². The van der Waals surface area contributed by atoms with Crippen LogP contribution in [-0.4, -0.2) is 76.0 Å². The van der Waals surface area contributed by atoms with Gasteiger partial charge in [-0.25, -0.2) is 23.4 Å². The van der Waals surface area contributed by atoms with Crippen molar-refractivity contribution in [2.45, 2.75) is 37.1 Å². The number of likely N-dealkylation sites (tertiary alicyclic amines) is 1. The van der Waals surface area contributed by atoms with Gasteiger partial charge in [0.15, 0.2) is 28.2 Å². The number of β-lactam (4-membered cyclic amide) rings is 1. The smallest absolute Gasteiger partial charge is 0.426 e. The number of hydrogen-bond donors (Lipinski definition) is 6. The van der Waals surface area contributed by atoms with Gasteiger partial charge in [0.05, 0.1) is 15.6 Å².